The Labute approximate surface area is 127 Å². The number of anilines is 1. The third-order valence-electron chi connectivity index (χ3n) is 3.57. The number of aromatic nitrogens is 1. The number of aryl methyl sites for hydroxylation is 2. The second kappa shape index (κ2) is 5.33. The van der Waals surface area contributed by atoms with Crippen molar-refractivity contribution in [2.24, 2.45) is 7.05 Å². The predicted octanol–water partition coefficient (Wildman–Crippen LogP) is 4.86. The van der Waals surface area contributed by atoms with Gasteiger partial charge in [0, 0.05) is 40.9 Å². The molecule has 0 bridgehead atoms. The van der Waals surface area contributed by atoms with E-state index in [1.807, 2.05) is 0 Å². The number of para-hydroxylation sites is 1. The predicted molar refractivity (Wildman–Crippen MR) is 89.1 cm³/mol. The molecule has 20 heavy (non-hydrogen) atoms. The van der Waals surface area contributed by atoms with Crippen LogP contribution in [0.15, 0.2) is 53.1 Å². The van der Waals surface area contributed by atoms with Crippen LogP contribution < -0.4 is 5.32 Å². The number of rotatable bonds is 3. The second-order valence-electron chi connectivity index (χ2n) is 5.12. The molecule has 3 aromatic rings. The maximum atomic E-state index is 3.61. The van der Waals surface area contributed by atoms with Crippen LogP contribution in [0.25, 0.3) is 10.9 Å². The van der Waals surface area contributed by atoms with E-state index in [2.05, 4.69) is 88.4 Å². The fourth-order valence-corrected chi connectivity index (χ4v) is 3.15. The number of halogens is 1. The zero-order valence-corrected chi connectivity index (χ0v) is 13.2. The van der Waals surface area contributed by atoms with Gasteiger partial charge in [-0.3, -0.25) is 0 Å². The third kappa shape index (κ3) is 2.46. The van der Waals surface area contributed by atoms with Crippen molar-refractivity contribution in [3.63, 3.8) is 0 Å². The summed E-state index contributed by atoms with van der Waals surface area (Å²) in [6.45, 7) is 2.92. The molecule has 0 unspecified atom stereocenters. The summed E-state index contributed by atoms with van der Waals surface area (Å²) in [5, 5.41) is 4.81. The molecule has 0 fully saturated rings. The molecular formula is C17H17BrN2. The second-order valence-corrected chi connectivity index (χ2v) is 5.97. The molecule has 3 heteroatoms. The number of benzene rings is 2. The minimum Gasteiger partial charge on any atom is -0.380 e. The van der Waals surface area contributed by atoms with E-state index < -0.39 is 0 Å². The van der Waals surface area contributed by atoms with Crippen LogP contribution in [0, 0.1) is 6.92 Å². The summed E-state index contributed by atoms with van der Waals surface area (Å²) >= 11 is 3.61. The molecule has 3 rings (SSSR count). The van der Waals surface area contributed by atoms with Gasteiger partial charge in [0.2, 0.25) is 0 Å². The Balaban J connectivity index is 1.87. The monoisotopic (exact) mass is 328 g/mol. The highest BCUT2D eigenvalue weighted by Gasteiger charge is 2.06. The van der Waals surface area contributed by atoms with E-state index in [1.54, 1.807) is 0 Å². The average molecular weight is 329 g/mol. The van der Waals surface area contributed by atoms with E-state index in [-0.39, 0.29) is 0 Å². The Hall–Kier alpha value is -1.74. The Morgan fingerprint density at radius 1 is 1.15 bits per heavy atom. The van der Waals surface area contributed by atoms with Crippen molar-refractivity contribution in [3.05, 3.63) is 64.3 Å². The number of fused-ring (bicyclic) bond motifs is 1. The van der Waals surface area contributed by atoms with Gasteiger partial charge in [0.1, 0.15) is 0 Å². The lowest BCUT2D eigenvalue weighted by Crippen LogP contribution is -1.99. The normalized spacial score (nSPS) is 10.9. The third-order valence-corrected chi connectivity index (χ3v) is 4.23. The van der Waals surface area contributed by atoms with Gasteiger partial charge < -0.3 is 9.88 Å². The average Bonchev–Trinajstić information content (AvgIpc) is 2.75. The summed E-state index contributed by atoms with van der Waals surface area (Å²) in [6, 6.07) is 14.9. The molecule has 0 spiro atoms. The van der Waals surface area contributed by atoms with Crippen LogP contribution in [-0.2, 0) is 13.6 Å². The Bertz CT molecular complexity index is 759. The van der Waals surface area contributed by atoms with Crippen molar-refractivity contribution in [1.29, 1.82) is 0 Å². The van der Waals surface area contributed by atoms with Crippen LogP contribution in [0.4, 0.5) is 5.69 Å². The molecule has 1 N–H and O–H groups in total. The molecule has 102 valence electrons. The van der Waals surface area contributed by atoms with Gasteiger partial charge in [-0.2, -0.15) is 0 Å². The molecule has 0 aliphatic carbocycles. The van der Waals surface area contributed by atoms with Crippen LogP contribution in [0.2, 0.25) is 0 Å². The zero-order valence-electron chi connectivity index (χ0n) is 11.7. The molecule has 1 heterocycles. The largest absolute Gasteiger partial charge is 0.380 e. The van der Waals surface area contributed by atoms with E-state index >= 15 is 0 Å². The molecule has 2 aromatic carbocycles. The van der Waals surface area contributed by atoms with Crippen LogP contribution in [0.5, 0.6) is 0 Å². The lowest BCUT2D eigenvalue weighted by molar-refractivity contribution is 0.955. The Kier molecular flexibility index (Phi) is 3.53. The minimum absolute atomic E-state index is 0.822. The fourth-order valence-electron chi connectivity index (χ4n) is 2.52. The summed E-state index contributed by atoms with van der Waals surface area (Å²) in [6.07, 6.45) is 2.19. The topological polar surface area (TPSA) is 17.0 Å². The van der Waals surface area contributed by atoms with Crippen LogP contribution >= 0.6 is 15.9 Å². The summed E-state index contributed by atoms with van der Waals surface area (Å²) in [5.74, 6) is 0. The Morgan fingerprint density at radius 2 is 1.95 bits per heavy atom. The van der Waals surface area contributed by atoms with E-state index in [9.17, 15) is 0 Å². The van der Waals surface area contributed by atoms with Crippen molar-refractivity contribution in [2.45, 2.75) is 13.5 Å². The van der Waals surface area contributed by atoms with Crippen molar-refractivity contribution in [1.82, 2.24) is 4.57 Å². The molecule has 0 atom stereocenters. The highest BCUT2D eigenvalue weighted by atomic mass is 79.9. The van der Waals surface area contributed by atoms with E-state index in [4.69, 9.17) is 0 Å². The summed E-state index contributed by atoms with van der Waals surface area (Å²) < 4.78 is 3.29. The van der Waals surface area contributed by atoms with Crippen molar-refractivity contribution < 1.29 is 0 Å². The van der Waals surface area contributed by atoms with Gasteiger partial charge >= 0.3 is 0 Å². The highest BCUT2D eigenvalue weighted by molar-refractivity contribution is 9.10. The molecular weight excluding hydrogens is 312 g/mol. The van der Waals surface area contributed by atoms with Crippen LogP contribution in [0.3, 0.4) is 0 Å². The van der Waals surface area contributed by atoms with Crippen molar-refractivity contribution >= 4 is 32.5 Å². The van der Waals surface area contributed by atoms with Gasteiger partial charge in [0.05, 0.1) is 0 Å². The summed E-state index contributed by atoms with van der Waals surface area (Å²) in [5.41, 5.74) is 4.97. The van der Waals surface area contributed by atoms with Gasteiger partial charge in [-0.15, -0.1) is 0 Å². The van der Waals surface area contributed by atoms with Gasteiger partial charge in [-0.05, 0) is 52.2 Å². The van der Waals surface area contributed by atoms with Crippen molar-refractivity contribution in [2.75, 3.05) is 5.32 Å². The molecule has 0 amide bonds. The first-order valence-corrected chi connectivity index (χ1v) is 7.47. The number of hydrogen-bond donors (Lipinski definition) is 1. The molecule has 0 saturated carbocycles. The van der Waals surface area contributed by atoms with Crippen LogP contribution in [0.1, 0.15) is 11.1 Å². The number of nitrogens with one attached hydrogen (secondary N) is 1. The van der Waals surface area contributed by atoms with Gasteiger partial charge in [-0.1, -0.05) is 24.3 Å². The van der Waals surface area contributed by atoms with Gasteiger partial charge in [-0.25, -0.2) is 0 Å². The van der Waals surface area contributed by atoms with Gasteiger partial charge in [0.15, 0.2) is 0 Å². The Morgan fingerprint density at radius 3 is 2.75 bits per heavy atom. The summed E-state index contributed by atoms with van der Waals surface area (Å²) in [7, 11) is 2.09. The molecule has 0 saturated heterocycles. The first-order valence-electron chi connectivity index (χ1n) is 6.68. The maximum absolute atomic E-state index is 3.61. The quantitative estimate of drug-likeness (QED) is 0.726. The van der Waals surface area contributed by atoms with E-state index in [0.29, 0.717) is 0 Å². The maximum Gasteiger partial charge on any atom is 0.0487 e. The SMILES string of the molecule is Cc1ccc(NCc2cn(C)c3ccccc23)c(Br)c1. The van der Waals surface area contributed by atoms with E-state index in [0.717, 1.165) is 16.7 Å². The molecule has 0 aliphatic rings. The molecule has 2 nitrogen and oxygen atoms in total. The highest BCUT2D eigenvalue weighted by Crippen LogP contribution is 2.26. The van der Waals surface area contributed by atoms with Crippen LogP contribution in [-0.4, -0.2) is 4.57 Å². The lowest BCUT2D eigenvalue weighted by atomic mass is 10.1. The smallest absolute Gasteiger partial charge is 0.0487 e. The summed E-state index contributed by atoms with van der Waals surface area (Å²) in [4.78, 5) is 0. The zero-order chi connectivity index (χ0) is 14.1. The molecule has 1 aromatic heterocycles. The number of hydrogen-bond acceptors (Lipinski definition) is 1. The van der Waals surface area contributed by atoms with Gasteiger partial charge in [0.25, 0.3) is 0 Å². The first kappa shape index (κ1) is 13.3. The fraction of sp³-hybridized carbons (Fsp3) is 0.176. The lowest BCUT2D eigenvalue weighted by Gasteiger charge is -2.08. The standard InChI is InChI=1S/C17H17BrN2/c1-12-7-8-16(15(18)9-12)19-10-13-11-20(2)17-6-4-3-5-14(13)17/h3-9,11,19H,10H2,1-2H3. The molecule has 0 radical (unpaired) electrons. The minimum atomic E-state index is 0.822. The number of nitrogens with zero attached hydrogens (tertiary/aromatic N) is 1. The van der Waals surface area contributed by atoms with Crippen molar-refractivity contribution in [3.8, 4) is 0 Å². The first-order chi connectivity index (χ1) is 9.65. The van der Waals surface area contributed by atoms with E-state index in [1.165, 1.54) is 22.0 Å². The molecule has 0 aliphatic heterocycles.